The van der Waals surface area contributed by atoms with Crippen LogP contribution in [-0.4, -0.2) is 39.7 Å². The van der Waals surface area contributed by atoms with Crippen molar-refractivity contribution in [2.75, 3.05) is 6.54 Å². The predicted molar refractivity (Wildman–Crippen MR) is 83.2 cm³/mol. The van der Waals surface area contributed by atoms with E-state index in [-0.39, 0.29) is 16.0 Å². The molecule has 0 bridgehead atoms. The molecule has 1 fully saturated rings. The van der Waals surface area contributed by atoms with Gasteiger partial charge in [0.25, 0.3) is 0 Å². The molecule has 1 aromatic carbocycles. The molecule has 6 heteroatoms. The van der Waals surface area contributed by atoms with E-state index in [1.54, 1.807) is 11.8 Å². The van der Waals surface area contributed by atoms with E-state index in [9.17, 15) is 14.7 Å². The summed E-state index contributed by atoms with van der Waals surface area (Å²) in [6.07, 6.45) is 0.337. The highest BCUT2D eigenvalue weighted by Gasteiger charge is 2.44. The zero-order valence-electron chi connectivity index (χ0n) is 12.1. The highest BCUT2D eigenvalue weighted by Crippen LogP contribution is 2.37. The van der Waals surface area contributed by atoms with Crippen LogP contribution in [0.15, 0.2) is 30.3 Å². The van der Waals surface area contributed by atoms with E-state index < -0.39 is 12.0 Å². The summed E-state index contributed by atoms with van der Waals surface area (Å²) < 4.78 is -0.388. The third-order valence-corrected chi connectivity index (χ3v) is 4.86. The van der Waals surface area contributed by atoms with Crippen LogP contribution in [0.3, 0.4) is 0 Å². The molecule has 2 rings (SSSR count). The third kappa shape index (κ3) is 4.22. The van der Waals surface area contributed by atoms with Crippen molar-refractivity contribution < 1.29 is 14.7 Å². The Morgan fingerprint density at radius 2 is 2.00 bits per heavy atom. The van der Waals surface area contributed by atoms with Gasteiger partial charge in [0, 0.05) is 11.3 Å². The lowest BCUT2D eigenvalue weighted by molar-refractivity contribution is -0.139. The van der Waals surface area contributed by atoms with E-state index in [4.69, 9.17) is 0 Å². The maximum absolute atomic E-state index is 11.9. The van der Waals surface area contributed by atoms with Crippen molar-refractivity contribution in [3.63, 3.8) is 0 Å². The van der Waals surface area contributed by atoms with Gasteiger partial charge in [-0.2, -0.15) is 0 Å². The van der Waals surface area contributed by atoms with Gasteiger partial charge in [-0.05, 0) is 19.4 Å². The Bertz CT molecular complexity index is 519. The number of amides is 1. The summed E-state index contributed by atoms with van der Waals surface area (Å²) in [5.74, 6) is -0.911. The van der Waals surface area contributed by atoms with Crippen LogP contribution in [-0.2, 0) is 16.0 Å². The number of benzene rings is 1. The summed E-state index contributed by atoms with van der Waals surface area (Å²) in [6.45, 7) is 4.22. The minimum atomic E-state index is -0.856. The van der Waals surface area contributed by atoms with Gasteiger partial charge >= 0.3 is 5.97 Å². The van der Waals surface area contributed by atoms with Gasteiger partial charge in [-0.1, -0.05) is 30.3 Å². The quantitative estimate of drug-likeness (QED) is 0.763. The van der Waals surface area contributed by atoms with Crippen molar-refractivity contribution in [2.45, 2.75) is 36.4 Å². The largest absolute Gasteiger partial charge is 0.480 e. The number of nitrogens with one attached hydrogen (secondary N) is 2. The van der Waals surface area contributed by atoms with Crippen molar-refractivity contribution in [3.05, 3.63) is 35.9 Å². The third-order valence-electron chi connectivity index (χ3n) is 3.43. The predicted octanol–water partition coefficient (Wildman–Crippen LogP) is 1.24. The van der Waals surface area contributed by atoms with E-state index in [0.29, 0.717) is 13.0 Å². The number of hydrogen-bond donors (Lipinski definition) is 3. The van der Waals surface area contributed by atoms with Gasteiger partial charge in [0.2, 0.25) is 5.91 Å². The Kier molecular flexibility index (Phi) is 4.90. The molecular weight excluding hydrogens is 288 g/mol. The molecule has 0 radical (unpaired) electrons. The average Bonchev–Trinajstić information content (AvgIpc) is 2.73. The standard InChI is InChI=1S/C15H20N2O3S/c1-15(2)13(14(19)20)17-12(21-15)9-16-11(18)8-10-6-4-3-5-7-10/h3-7,12-13,17H,8-9H2,1-2H3,(H,16,18)(H,19,20)/t12?,13-/m0/s1. The molecular formula is C15H20N2O3S. The molecule has 1 heterocycles. The maximum Gasteiger partial charge on any atom is 0.322 e. The molecule has 0 aliphatic carbocycles. The second-order valence-corrected chi connectivity index (χ2v) is 7.47. The van der Waals surface area contributed by atoms with Crippen LogP contribution in [0, 0.1) is 0 Å². The van der Waals surface area contributed by atoms with Gasteiger partial charge < -0.3 is 10.4 Å². The van der Waals surface area contributed by atoms with Crippen LogP contribution < -0.4 is 10.6 Å². The molecule has 0 spiro atoms. The number of carbonyl (C=O) groups is 2. The van der Waals surface area contributed by atoms with Crippen molar-refractivity contribution in [3.8, 4) is 0 Å². The monoisotopic (exact) mass is 308 g/mol. The smallest absolute Gasteiger partial charge is 0.322 e. The summed E-state index contributed by atoms with van der Waals surface area (Å²) in [6, 6.07) is 8.93. The van der Waals surface area contributed by atoms with Gasteiger partial charge in [-0.3, -0.25) is 14.9 Å². The Morgan fingerprint density at radius 1 is 1.33 bits per heavy atom. The fraction of sp³-hybridized carbons (Fsp3) is 0.467. The van der Waals surface area contributed by atoms with Crippen molar-refractivity contribution in [1.82, 2.24) is 10.6 Å². The molecule has 5 nitrogen and oxygen atoms in total. The maximum atomic E-state index is 11.9. The van der Waals surface area contributed by atoms with E-state index in [0.717, 1.165) is 5.56 Å². The number of hydrogen-bond acceptors (Lipinski definition) is 4. The van der Waals surface area contributed by atoms with Crippen LogP contribution in [0.5, 0.6) is 0 Å². The van der Waals surface area contributed by atoms with Crippen LogP contribution in [0.2, 0.25) is 0 Å². The molecule has 1 aromatic rings. The second-order valence-electron chi connectivity index (χ2n) is 5.61. The normalized spacial score (nSPS) is 23.7. The van der Waals surface area contributed by atoms with Crippen LogP contribution in [0.1, 0.15) is 19.4 Å². The Labute approximate surface area is 128 Å². The molecule has 0 aromatic heterocycles. The average molecular weight is 308 g/mol. The van der Waals surface area contributed by atoms with Gasteiger partial charge in [-0.15, -0.1) is 11.8 Å². The lowest BCUT2D eigenvalue weighted by atomic mass is 10.0. The first-order chi connectivity index (χ1) is 9.88. The summed E-state index contributed by atoms with van der Waals surface area (Å²) in [5.41, 5.74) is 0.964. The minimum Gasteiger partial charge on any atom is -0.480 e. The van der Waals surface area contributed by atoms with Crippen LogP contribution in [0.25, 0.3) is 0 Å². The zero-order valence-corrected chi connectivity index (χ0v) is 12.9. The summed E-state index contributed by atoms with van der Waals surface area (Å²) >= 11 is 1.55. The van der Waals surface area contributed by atoms with Crippen molar-refractivity contribution >= 4 is 23.6 Å². The summed E-state index contributed by atoms with van der Waals surface area (Å²) in [7, 11) is 0. The van der Waals surface area contributed by atoms with Gasteiger partial charge in [0.05, 0.1) is 11.8 Å². The lowest BCUT2D eigenvalue weighted by Crippen LogP contribution is -2.46. The number of aliphatic carboxylic acids is 1. The van der Waals surface area contributed by atoms with E-state index in [1.165, 1.54) is 0 Å². The van der Waals surface area contributed by atoms with Crippen molar-refractivity contribution in [2.24, 2.45) is 0 Å². The molecule has 114 valence electrons. The zero-order chi connectivity index (χ0) is 15.5. The molecule has 1 unspecified atom stereocenters. The molecule has 0 saturated carbocycles. The number of thioether (sulfide) groups is 1. The first-order valence-corrected chi connectivity index (χ1v) is 7.74. The first-order valence-electron chi connectivity index (χ1n) is 6.86. The highest BCUT2D eigenvalue weighted by atomic mass is 32.2. The van der Waals surface area contributed by atoms with Gasteiger partial charge in [-0.25, -0.2) is 0 Å². The highest BCUT2D eigenvalue weighted by molar-refractivity contribution is 8.01. The fourth-order valence-corrected chi connectivity index (χ4v) is 3.78. The topological polar surface area (TPSA) is 78.4 Å². The van der Waals surface area contributed by atoms with E-state index in [1.807, 2.05) is 44.2 Å². The Balaban J connectivity index is 1.81. The molecule has 1 aliphatic heterocycles. The van der Waals surface area contributed by atoms with E-state index in [2.05, 4.69) is 10.6 Å². The molecule has 2 atom stereocenters. The van der Waals surface area contributed by atoms with Gasteiger partial charge in [0.15, 0.2) is 0 Å². The molecule has 1 saturated heterocycles. The fourth-order valence-electron chi connectivity index (χ4n) is 2.37. The molecule has 3 N–H and O–H groups in total. The second kappa shape index (κ2) is 6.49. The number of carboxylic acids is 1. The van der Waals surface area contributed by atoms with E-state index >= 15 is 0 Å². The minimum absolute atomic E-state index is 0.0554. The summed E-state index contributed by atoms with van der Waals surface area (Å²) in [5, 5.41) is 15.0. The van der Waals surface area contributed by atoms with Crippen LogP contribution in [0.4, 0.5) is 0 Å². The SMILES string of the molecule is CC1(C)SC(CNC(=O)Cc2ccccc2)N[C@H]1C(=O)O. The summed E-state index contributed by atoms with van der Waals surface area (Å²) in [4.78, 5) is 23.1. The number of rotatable bonds is 5. The van der Waals surface area contributed by atoms with Gasteiger partial charge in [0.1, 0.15) is 6.04 Å². The van der Waals surface area contributed by atoms with Crippen LogP contribution >= 0.6 is 11.8 Å². The number of carbonyl (C=O) groups excluding carboxylic acids is 1. The lowest BCUT2D eigenvalue weighted by Gasteiger charge is -2.20. The Hall–Kier alpha value is -1.53. The van der Waals surface area contributed by atoms with Crippen molar-refractivity contribution in [1.29, 1.82) is 0 Å². The number of carboxylic acid groups (broad SMARTS) is 1. The Morgan fingerprint density at radius 3 is 2.57 bits per heavy atom. The first kappa shape index (κ1) is 15.9. The molecule has 1 aliphatic rings. The molecule has 21 heavy (non-hydrogen) atoms. The molecule has 1 amide bonds.